The number of rotatable bonds is 5. The van der Waals surface area contributed by atoms with Gasteiger partial charge in [0.1, 0.15) is 5.75 Å². The zero-order valence-electron chi connectivity index (χ0n) is 14.1. The lowest BCUT2D eigenvalue weighted by molar-refractivity contribution is 0.279. The van der Waals surface area contributed by atoms with Gasteiger partial charge in [0.2, 0.25) is 0 Å². The number of methoxy groups -OCH3 is 1. The van der Waals surface area contributed by atoms with Crippen LogP contribution in [0.3, 0.4) is 0 Å². The predicted molar refractivity (Wildman–Crippen MR) is 92.7 cm³/mol. The summed E-state index contributed by atoms with van der Waals surface area (Å²) in [5.41, 5.74) is 2.59. The van der Waals surface area contributed by atoms with E-state index in [4.69, 9.17) is 4.74 Å². The van der Waals surface area contributed by atoms with E-state index in [9.17, 15) is 0 Å². The smallest absolute Gasteiger partial charge is 0.142 e. The third-order valence-electron chi connectivity index (χ3n) is 5.37. The number of ether oxygens (including phenoxy) is 1. The quantitative estimate of drug-likeness (QED) is 0.891. The zero-order chi connectivity index (χ0) is 15.4. The van der Waals surface area contributed by atoms with Gasteiger partial charge >= 0.3 is 0 Å². The molecule has 0 amide bonds. The van der Waals surface area contributed by atoms with Crippen molar-refractivity contribution >= 4 is 5.69 Å². The fraction of sp³-hybridized carbons (Fsp3) is 0.684. The summed E-state index contributed by atoms with van der Waals surface area (Å²) in [5, 5.41) is 3.76. The molecule has 0 aromatic heterocycles. The average Bonchev–Trinajstić information content (AvgIpc) is 3.08. The Morgan fingerprint density at radius 2 is 1.91 bits per heavy atom. The van der Waals surface area contributed by atoms with Crippen LogP contribution in [-0.2, 0) is 6.54 Å². The molecule has 1 saturated carbocycles. The van der Waals surface area contributed by atoms with Crippen LogP contribution >= 0.6 is 0 Å². The van der Waals surface area contributed by atoms with Crippen molar-refractivity contribution in [2.45, 2.75) is 58.0 Å². The summed E-state index contributed by atoms with van der Waals surface area (Å²) in [6, 6.07) is 7.40. The Kier molecular flexibility index (Phi) is 5.24. The van der Waals surface area contributed by atoms with Gasteiger partial charge in [-0.1, -0.05) is 25.8 Å². The average molecular weight is 302 g/mol. The van der Waals surface area contributed by atoms with Crippen molar-refractivity contribution in [3.63, 3.8) is 0 Å². The lowest BCUT2D eigenvalue weighted by Crippen LogP contribution is -2.36. The monoisotopic (exact) mass is 302 g/mol. The molecule has 3 rings (SSSR count). The molecule has 1 aromatic rings. The van der Waals surface area contributed by atoms with Crippen LogP contribution in [0.1, 0.15) is 51.0 Å². The molecule has 0 bridgehead atoms. The van der Waals surface area contributed by atoms with Gasteiger partial charge in [0.15, 0.2) is 0 Å². The van der Waals surface area contributed by atoms with Gasteiger partial charge in [-0.2, -0.15) is 0 Å². The maximum Gasteiger partial charge on any atom is 0.142 e. The van der Waals surface area contributed by atoms with E-state index in [1.807, 2.05) is 0 Å². The molecule has 3 nitrogen and oxygen atoms in total. The summed E-state index contributed by atoms with van der Waals surface area (Å²) in [5.74, 6) is 1.83. The highest BCUT2D eigenvalue weighted by Gasteiger charge is 2.21. The first-order valence-corrected chi connectivity index (χ1v) is 8.93. The predicted octanol–water partition coefficient (Wildman–Crippen LogP) is 3.96. The van der Waals surface area contributed by atoms with Gasteiger partial charge in [-0.15, -0.1) is 0 Å². The fourth-order valence-electron chi connectivity index (χ4n) is 3.92. The molecule has 1 N–H and O–H groups in total. The third kappa shape index (κ3) is 3.57. The van der Waals surface area contributed by atoms with Crippen LogP contribution in [0.4, 0.5) is 5.69 Å². The number of nitrogens with zero attached hydrogens (tertiary/aromatic N) is 1. The fourth-order valence-corrected chi connectivity index (χ4v) is 3.92. The van der Waals surface area contributed by atoms with Gasteiger partial charge in [-0.3, -0.25) is 0 Å². The molecule has 1 aromatic carbocycles. The molecule has 2 fully saturated rings. The van der Waals surface area contributed by atoms with Crippen LogP contribution in [0.25, 0.3) is 0 Å². The molecule has 3 heteroatoms. The van der Waals surface area contributed by atoms with Crippen molar-refractivity contribution in [1.82, 2.24) is 5.32 Å². The third-order valence-corrected chi connectivity index (χ3v) is 5.37. The van der Waals surface area contributed by atoms with Crippen LogP contribution in [0.2, 0.25) is 0 Å². The van der Waals surface area contributed by atoms with Crippen LogP contribution in [0.15, 0.2) is 18.2 Å². The zero-order valence-corrected chi connectivity index (χ0v) is 14.1. The van der Waals surface area contributed by atoms with Crippen molar-refractivity contribution in [3.05, 3.63) is 23.8 Å². The van der Waals surface area contributed by atoms with Crippen LogP contribution in [-0.4, -0.2) is 26.2 Å². The second kappa shape index (κ2) is 7.36. The molecule has 0 radical (unpaired) electrons. The molecule has 1 heterocycles. The second-order valence-electron chi connectivity index (χ2n) is 6.95. The van der Waals surface area contributed by atoms with E-state index in [1.54, 1.807) is 7.11 Å². The Morgan fingerprint density at radius 1 is 1.14 bits per heavy atom. The second-order valence-corrected chi connectivity index (χ2v) is 6.95. The molecule has 1 aliphatic heterocycles. The normalized spacial score (nSPS) is 25.5. The van der Waals surface area contributed by atoms with Gasteiger partial charge in [-0.05, 0) is 49.3 Å². The highest BCUT2D eigenvalue weighted by molar-refractivity contribution is 5.60. The topological polar surface area (TPSA) is 24.5 Å². The van der Waals surface area contributed by atoms with Crippen LogP contribution in [0, 0.1) is 5.92 Å². The lowest BCUT2D eigenvalue weighted by Gasteiger charge is -2.30. The minimum atomic E-state index is 0.679. The summed E-state index contributed by atoms with van der Waals surface area (Å²) in [7, 11) is 1.79. The highest BCUT2D eigenvalue weighted by atomic mass is 16.5. The summed E-state index contributed by atoms with van der Waals surface area (Å²) in [6.07, 6.45) is 8.06. The maximum atomic E-state index is 5.64. The van der Waals surface area contributed by atoms with E-state index in [0.717, 1.165) is 31.3 Å². The van der Waals surface area contributed by atoms with Gasteiger partial charge in [0, 0.05) is 25.7 Å². The van der Waals surface area contributed by atoms with E-state index in [-0.39, 0.29) is 0 Å². The first-order valence-electron chi connectivity index (χ1n) is 8.93. The van der Waals surface area contributed by atoms with Gasteiger partial charge < -0.3 is 15.0 Å². The molecular formula is C19H30N2O. The number of benzene rings is 1. The minimum Gasteiger partial charge on any atom is -0.495 e. The first kappa shape index (κ1) is 15.7. The van der Waals surface area contributed by atoms with Crippen molar-refractivity contribution in [2.24, 2.45) is 5.92 Å². The molecule has 2 atom stereocenters. The SMILES string of the molecule is COc1cc(CNC2CCCCC2C)ccc1N1CCCC1. The van der Waals surface area contributed by atoms with E-state index >= 15 is 0 Å². The Hall–Kier alpha value is -1.22. The number of nitrogens with one attached hydrogen (secondary N) is 1. The van der Waals surface area contributed by atoms with Crippen LogP contribution < -0.4 is 15.0 Å². The van der Waals surface area contributed by atoms with E-state index in [1.165, 1.54) is 49.8 Å². The molecular weight excluding hydrogens is 272 g/mol. The number of hydrogen-bond donors (Lipinski definition) is 1. The first-order chi connectivity index (χ1) is 10.8. The largest absolute Gasteiger partial charge is 0.495 e. The van der Waals surface area contributed by atoms with Gasteiger partial charge in [0.05, 0.1) is 12.8 Å². The number of anilines is 1. The van der Waals surface area contributed by atoms with Crippen molar-refractivity contribution in [1.29, 1.82) is 0 Å². The van der Waals surface area contributed by atoms with Crippen molar-refractivity contribution in [3.8, 4) is 5.75 Å². The molecule has 2 aliphatic rings. The molecule has 2 unspecified atom stereocenters. The van der Waals surface area contributed by atoms with E-state index in [2.05, 4.69) is 35.3 Å². The minimum absolute atomic E-state index is 0.679. The highest BCUT2D eigenvalue weighted by Crippen LogP contribution is 2.32. The summed E-state index contributed by atoms with van der Waals surface area (Å²) in [6.45, 7) is 5.65. The summed E-state index contributed by atoms with van der Waals surface area (Å²) >= 11 is 0. The Labute approximate surface area is 135 Å². The summed E-state index contributed by atoms with van der Waals surface area (Å²) < 4.78 is 5.64. The lowest BCUT2D eigenvalue weighted by atomic mass is 9.86. The molecule has 0 spiro atoms. The molecule has 1 aliphatic carbocycles. The standard InChI is InChI=1S/C19H30N2O/c1-15-7-3-4-8-17(15)20-14-16-9-10-18(19(13-16)22-2)21-11-5-6-12-21/h9-10,13,15,17,20H,3-8,11-12,14H2,1-2H3. The van der Waals surface area contributed by atoms with Gasteiger partial charge in [-0.25, -0.2) is 0 Å². The Bertz CT molecular complexity index is 482. The van der Waals surface area contributed by atoms with E-state index in [0.29, 0.717) is 6.04 Å². The Balaban J connectivity index is 1.64. The maximum absolute atomic E-state index is 5.64. The Morgan fingerprint density at radius 3 is 2.64 bits per heavy atom. The van der Waals surface area contributed by atoms with Crippen LogP contribution in [0.5, 0.6) is 5.75 Å². The summed E-state index contributed by atoms with van der Waals surface area (Å²) in [4.78, 5) is 2.44. The number of hydrogen-bond acceptors (Lipinski definition) is 3. The van der Waals surface area contributed by atoms with Gasteiger partial charge in [0.25, 0.3) is 0 Å². The molecule has 22 heavy (non-hydrogen) atoms. The van der Waals surface area contributed by atoms with Crippen molar-refractivity contribution in [2.75, 3.05) is 25.1 Å². The van der Waals surface area contributed by atoms with E-state index < -0.39 is 0 Å². The van der Waals surface area contributed by atoms with Crippen molar-refractivity contribution < 1.29 is 4.74 Å². The molecule has 122 valence electrons. The molecule has 1 saturated heterocycles.